The van der Waals surface area contributed by atoms with Crippen LogP contribution in [0.15, 0.2) is 40.9 Å². The number of carbonyl (C=O) groups is 2. The van der Waals surface area contributed by atoms with E-state index in [4.69, 9.17) is 9.47 Å². The molecular weight excluding hydrogens is 412 g/mol. The van der Waals surface area contributed by atoms with Crippen LogP contribution in [-0.2, 0) is 16.0 Å². The number of methoxy groups -OCH3 is 2. The summed E-state index contributed by atoms with van der Waals surface area (Å²) in [4.78, 5) is 24.1. The van der Waals surface area contributed by atoms with Crippen LogP contribution in [0.1, 0.15) is 18.4 Å². The standard InChI is InChI=1S/C20H21BrN2O4/c1-26-17-9-13(16(21)11-18(17)27-2)10-19(24)22-14-5-7-15(8-6-14)23-20(25)12-3-4-12/h5-9,11-12H,3-4,10H2,1-2H3,(H,22,24)(H,23,25). The summed E-state index contributed by atoms with van der Waals surface area (Å²) in [5.41, 5.74) is 2.19. The highest BCUT2D eigenvalue weighted by Gasteiger charge is 2.29. The maximum atomic E-state index is 12.4. The Hall–Kier alpha value is -2.54. The molecule has 0 unspecified atom stereocenters. The first kappa shape index (κ1) is 19.2. The lowest BCUT2D eigenvalue weighted by atomic mass is 10.1. The molecule has 0 heterocycles. The van der Waals surface area contributed by atoms with E-state index in [9.17, 15) is 9.59 Å². The largest absolute Gasteiger partial charge is 0.493 e. The van der Waals surface area contributed by atoms with Gasteiger partial charge in [0.2, 0.25) is 11.8 Å². The van der Waals surface area contributed by atoms with Gasteiger partial charge in [-0.1, -0.05) is 15.9 Å². The first-order valence-electron chi connectivity index (χ1n) is 8.61. The Morgan fingerprint density at radius 3 is 2.11 bits per heavy atom. The second kappa shape index (κ2) is 8.43. The highest BCUT2D eigenvalue weighted by Crippen LogP contribution is 2.33. The van der Waals surface area contributed by atoms with Crippen LogP contribution in [0.25, 0.3) is 0 Å². The van der Waals surface area contributed by atoms with Crippen molar-refractivity contribution in [2.75, 3.05) is 24.9 Å². The minimum Gasteiger partial charge on any atom is -0.493 e. The van der Waals surface area contributed by atoms with Crippen molar-refractivity contribution in [3.05, 3.63) is 46.4 Å². The normalized spacial score (nSPS) is 13.0. The van der Waals surface area contributed by atoms with E-state index in [1.807, 2.05) is 0 Å². The summed E-state index contributed by atoms with van der Waals surface area (Å²) in [5.74, 6) is 1.23. The van der Waals surface area contributed by atoms with E-state index in [0.717, 1.165) is 28.6 Å². The molecule has 0 bridgehead atoms. The molecule has 0 saturated heterocycles. The fourth-order valence-corrected chi connectivity index (χ4v) is 3.10. The SMILES string of the molecule is COc1cc(Br)c(CC(=O)Nc2ccc(NC(=O)C3CC3)cc2)cc1OC. The lowest BCUT2D eigenvalue weighted by molar-refractivity contribution is -0.117. The number of halogens is 1. The number of ether oxygens (including phenoxy) is 2. The van der Waals surface area contributed by atoms with Crippen LogP contribution in [0.2, 0.25) is 0 Å². The van der Waals surface area contributed by atoms with Gasteiger partial charge in [-0.05, 0) is 54.8 Å². The zero-order valence-corrected chi connectivity index (χ0v) is 16.8. The zero-order valence-electron chi connectivity index (χ0n) is 15.2. The van der Waals surface area contributed by atoms with Crippen LogP contribution in [-0.4, -0.2) is 26.0 Å². The molecule has 0 aliphatic heterocycles. The average molecular weight is 433 g/mol. The number of hydrogen-bond donors (Lipinski definition) is 2. The average Bonchev–Trinajstić information content (AvgIpc) is 3.50. The molecule has 3 rings (SSSR count). The highest BCUT2D eigenvalue weighted by molar-refractivity contribution is 9.10. The molecule has 1 aliphatic carbocycles. The van der Waals surface area contributed by atoms with Crippen LogP contribution < -0.4 is 20.1 Å². The van der Waals surface area contributed by atoms with Crippen LogP contribution in [0.4, 0.5) is 11.4 Å². The Morgan fingerprint density at radius 1 is 1.00 bits per heavy atom. The van der Waals surface area contributed by atoms with Gasteiger partial charge in [0.25, 0.3) is 0 Å². The van der Waals surface area contributed by atoms with Gasteiger partial charge in [0, 0.05) is 21.8 Å². The molecule has 6 nitrogen and oxygen atoms in total. The van der Waals surface area contributed by atoms with Gasteiger partial charge >= 0.3 is 0 Å². The van der Waals surface area contributed by atoms with E-state index >= 15 is 0 Å². The molecule has 1 fully saturated rings. The summed E-state index contributed by atoms with van der Waals surface area (Å²) in [6, 6.07) is 10.6. The highest BCUT2D eigenvalue weighted by atomic mass is 79.9. The minimum absolute atomic E-state index is 0.0603. The number of nitrogens with one attached hydrogen (secondary N) is 2. The molecule has 2 N–H and O–H groups in total. The van der Waals surface area contributed by atoms with Crippen molar-refractivity contribution in [1.29, 1.82) is 0 Å². The monoisotopic (exact) mass is 432 g/mol. The van der Waals surface area contributed by atoms with Gasteiger partial charge in [-0.25, -0.2) is 0 Å². The third-order valence-corrected chi connectivity index (χ3v) is 5.03. The summed E-state index contributed by atoms with van der Waals surface area (Å²) in [7, 11) is 3.12. The van der Waals surface area contributed by atoms with Gasteiger partial charge in [0.1, 0.15) is 0 Å². The van der Waals surface area contributed by atoms with Crippen molar-refractivity contribution in [3.63, 3.8) is 0 Å². The third-order valence-electron chi connectivity index (χ3n) is 4.29. The molecule has 0 aromatic heterocycles. The van der Waals surface area contributed by atoms with E-state index in [-0.39, 0.29) is 24.2 Å². The van der Waals surface area contributed by atoms with Crippen LogP contribution >= 0.6 is 15.9 Å². The fraction of sp³-hybridized carbons (Fsp3) is 0.300. The molecule has 2 amide bonds. The third kappa shape index (κ3) is 5.01. The zero-order chi connectivity index (χ0) is 19.4. The molecule has 0 atom stereocenters. The summed E-state index contributed by atoms with van der Waals surface area (Å²) in [5, 5.41) is 5.73. The first-order valence-corrected chi connectivity index (χ1v) is 9.40. The Balaban J connectivity index is 1.61. The molecular formula is C20H21BrN2O4. The maximum Gasteiger partial charge on any atom is 0.228 e. The number of amides is 2. The predicted molar refractivity (Wildman–Crippen MR) is 107 cm³/mol. The van der Waals surface area contributed by atoms with E-state index in [1.54, 1.807) is 50.6 Å². The van der Waals surface area contributed by atoms with Crippen molar-refractivity contribution in [2.45, 2.75) is 19.3 Å². The van der Waals surface area contributed by atoms with Crippen molar-refractivity contribution in [3.8, 4) is 11.5 Å². The molecule has 2 aromatic rings. The van der Waals surface area contributed by atoms with Gasteiger partial charge in [-0.15, -0.1) is 0 Å². The van der Waals surface area contributed by atoms with Gasteiger partial charge < -0.3 is 20.1 Å². The van der Waals surface area contributed by atoms with Crippen LogP contribution in [0, 0.1) is 5.92 Å². The number of hydrogen-bond acceptors (Lipinski definition) is 4. The number of benzene rings is 2. The summed E-state index contributed by atoms with van der Waals surface area (Å²) in [6.45, 7) is 0. The molecule has 1 aliphatic rings. The molecule has 2 aromatic carbocycles. The summed E-state index contributed by atoms with van der Waals surface area (Å²) in [6.07, 6.45) is 2.11. The van der Waals surface area contributed by atoms with Gasteiger partial charge in [0.05, 0.1) is 20.6 Å². The fourth-order valence-electron chi connectivity index (χ4n) is 2.64. The molecule has 0 spiro atoms. The molecule has 1 saturated carbocycles. The van der Waals surface area contributed by atoms with E-state index < -0.39 is 0 Å². The number of anilines is 2. The van der Waals surface area contributed by atoms with E-state index in [2.05, 4.69) is 26.6 Å². The Kier molecular flexibility index (Phi) is 6.01. The lowest BCUT2D eigenvalue weighted by Gasteiger charge is -2.12. The minimum atomic E-state index is -0.155. The summed E-state index contributed by atoms with van der Waals surface area (Å²) < 4.78 is 11.3. The maximum absolute atomic E-state index is 12.4. The van der Waals surface area contributed by atoms with Crippen LogP contribution in [0.5, 0.6) is 11.5 Å². The number of rotatable bonds is 7. The van der Waals surface area contributed by atoms with Gasteiger partial charge in [0.15, 0.2) is 11.5 Å². The smallest absolute Gasteiger partial charge is 0.228 e. The predicted octanol–water partition coefficient (Wildman–Crippen LogP) is 4.00. The summed E-state index contributed by atoms with van der Waals surface area (Å²) >= 11 is 3.46. The van der Waals surface area contributed by atoms with E-state index in [0.29, 0.717) is 17.2 Å². The van der Waals surface area contributed by atoms with Gasteiger partial charge in [-0.2, -0.15) is 0 Å². The molecule has 7 heteroatoms. The Morgan fingerprint density at radius 2 is 1.56 bits per heavy atom. The Labute approximate surface area is 166 Å². The Bertz CT molecular complexity index is 848. The van der Waals surface area contributed by atoms with E-state index in [1.165, 1.54) is 0 Å². The van der Waals surface area contributed by atoms with Gasteiger partial charge in [-0.3, -0.25) is 9.59 Å². The van der Waals surface area contributed by atoms with Crippen molar-refractivity contribution < 1.29 is 19.1 Å². The van der Waals surface area contributed by atoms with Crippen molar-refractivity contribution in [1.82, 2.24) is 0 Å². The lowest BCUT2D eigenvalue weighted by Crippen LogP contribution is -2.15. The van der Waals surface area contributed by atoms with Crippen molar-refractivity contribution in [2.24, 2.45) is 5.92 Å². The topological polar surface area (TPSA) is 76.7 Å². The number of carbonyl (C=O) groups excluding carboxylic acids is 2. The second-order valence-corrected chi connectivity index (χ2v) is 7.22. The quantitative estimate of drug-likeness (QED) is 0.692. The van der Waals surface area contributed by atoms with Crippen LogP contribution in [0.3, 0.4) is 0 Å². The molecule has 27 heavy (non-hydrogen) atoms. The molecule has 142 valence electrons. The van der Waals surface area contributed by atoms with Crippen molar-refractivity contribution >= 4 is 39.1 Å². The second-order valence-electron chi connectivity index (χ2n) is 6.36. The first-order chi connectivity index (χ1) is 13.0. The molecule has 0 radical (unpaired) electrons.